The Kier molecular flexibility index (Phi) is 4.42. The fourth-order valence-electron chi connectivity index (χ4n) is 1.69. The summed E-state index contributed by atoms with van der Waals surface area (Å²) in [7, 11) is -3.64. The van der Waals surface area contributed by atoms with Crippen molar-refractivity contribution in [3.8, 4) is 0 Å². The van der Waals surface area contributed by atoms with Crippen molar-refractivity contribution in [2.45, 2.75) is 18.7 Å². The van der Waals surface area contributed by atoms with E-state index < -0.39 is 10.0 Å². The van der Waals surface area contributed by atoms with Gasteiger partial charge in [0, 0.05) is 4.47 Å². The quantitative estimate of drug-likeness (QED) is 0.858. The van der Waals surface area contributed by atoms with Crippen LogP contribution in [0, 0.1) is 13.8 Å². The first-order valence-electron chi connectivity index (χ1n) is 5.85. The van der Waals surface area contributed by atoms with E-state index in [1.54, 1.807) is 36.4 Å². The van der Waals surface area contributed by atoms with Crippen LogP contribution in [0.5, 0.6) is 0 Å². The average Bonchev–Trinajstić information content (AvgIpc) is 2.36. The lowest BCUT2D eigenvalue weighted by Gasteiger charge is -2.11. The van der Waals surface area contributed by atoms with Gasteiger partial charge in [-0.3, -0.25) is 4.72 Å². The Morgan fingerprint density at radius 1 is 1.10 bits per heavy atom. The number of sulfonamides is 1. The molecule has 106 valence electrons. The molecule has 3 nitrogen and oxygen atoms in total. The molecule has 0 atom stereocenters. The van der Waals surface area contributed by atoms with E-state index >= 15 is 0 Å². The number of benzene rings is 2. The molecule has 0 saturated carbocycles. The Morgan fingerprint density at radius 3 is 2.40 bits per heavy atom. The highest BCUT2D eigenvalue weighted by molar-refractivity contribution is 9.10. The number of halogens is 2. The van der Waals surface area contributed by atoms with E-state index in [0.29, 0.717) is 10.7 Å². The molecule has 0 saturated heterocycles. The van der Waals surface area contributed by atoms with E-state index in [4.69, 9.17) is 11.6 Å². The summed E-state index contributed by atoms with van der Waals surface area (Å²) in [4.78, 5) is 0.204. The highest BCUT2D eigenvalue weighted by atomic mass is 79.9. The molecule has 0 aromatic heterocycles. The second kappa shape index (κ2) is 5.76. The molecule has 2 aromatic rings. The molecule has 2 rings (SSSR count). The fraction of sp³-hybridized carbons (Fsp3) is 0.143. The number of aryl methyl sites for hydroxylation is 2. The molecule has 0 spiro atoms. The molecule has 0 aliphatic heterocycles. The van der Waals surface area contributed by atoms with Crippen LogP contribution >= 0.6 is 27.5 Å². The summed E-state index contributed by atoms with van der Waals surface area (Å²) in [5.74, 6) is 0. The average molecular weight is 375 g/mol. The molecule has 0 bridgehead atoms. The van der Waals surface area contributed by atoms with Gasteiger partial charge in [0.05, 0.1) is 15.6 Å². The zero-order valence-corrected chi connectivity index (χ0v) is 14.1. The van der Waals surface area contributed by atoms with Crippen molar-refractivity contribution >= 4 is 43.2 Å². The first-order valence-corrected chi connectivity index (χ1v) is 8.50. The minimum absolute atomic E-state index is 0.204. The zero-order valence-electron chi connectivity index (χ0n) is 10.9. The molecule has 0 radical (unpaired) electrons. The van der Waals surface area contributed by atoms with E-state index in [1.165, 1.54) is 0 Å². The second-order valence-electron chi connectivity index (χ2n) is 4.50. The fourth-order valence-corrected chi connectivity index (χ4v) is 3.44. The summed E-state index contributed by atoms with van der Waals surface area (Å²) in [6.07, 6.45) is 0. The van der Waals surface area contributed by atoms with Crippen molar-refractivity contribution in [3.05, 3.63) is 57.0 Å². The lowest BCUT2D eigenvalue weighted by Crippen LogP contribution is -2.13. The molecule has 0 unspecified atom stereocenters. The predicted molar refractivity (Wildman–Crippen MR) is 85.9 cm³/mol. The Morgan fingerprint density at radius 2 is 1.80 bits per heavy atom. The molecule has 0 aliphatic carbocycles. The van der Waals surface area contributed by atoms with Crippen molar-refractivity contribution in [3.63, 3.8) is 0 Å². The van der Waals surface area contributed by atoms with E-state index in [-0.39, 0.29) is 4.90 Å². The van der Waals surface area contributed by atoms with Crippen molar-refractivity contribution in [2.75, 3.05) is 4.72 Å². The Balaban J connectivity index is 2.38. The van der Waals surface area contributed by atoms with E-state index in [0.717, 1.165) is 15.6 Å². The van der Waals surface area contributed by atoms with Crippen LogP contribution in [0.2, 0.25) is 5.02 Å². The molecule has 1 N–H and O–H groups in total. The molecular weight excluding hydrogens is 362 g/mol. The molecule has 0 aliphatic rings. The number of hydrogen-bond acceptors (Lipinski definition) is 2. The van der Waals surface area contributed by atoms with Crippen molar-refractivity contribution in [1.82, 2.24) is 0 Å². The van der Waals surface area contributed by atoms with Gasteiger partial charge in [-0.05, 0) is 55.3 Å². The summed E-state index contributed by atoms with van der Waals surface area (Å²) in [6, 6.07) is 10.0. The van der Waals surface area contributed by atoms with Crippen LogP contribution in [0.3, 0.4) is 0 Å². The maximum Gasteiger partial charge on any atom is 0.261 e. The molecule has 6 heteroatoms. The van der Waals surface area contributed by atoms with Crippen LogP contribution < -0.4 is 4.72 Å². The van der Waals surface area contributed by atoms with Gasteiger partial charge in [0.25, 0.3) is 10.0 Å². The Hall–Kier alpha value is -1.04. The van der Waals surface area contributed by atoms with Gasteiger partial charge >= 0.3 is 0 Å². The van der Waals surface area contributed by atoms with Gasteiger partial charge in [-0.2, -0.15) is 0 Å². The molecule has 0 fully saturated rings. The van der Waals surface area contributed by atoms with Crippen LogP contribution in [0.1, 0.15) is 11.1 Å². The van der Waals surface area contributed by atoms with Gasteiger partial charge in [-0.15, -0.1) is 0 Å². The third-order valence-corrected chi connectivity index (χ3v) is 5.37. The van der Waals surface area contributed by atoms with Crippen LogP contribution in [0.25, 0.3) is 0 Å². The highest BCUT2D eigenvalue weighted by Crippen LogP contribution is 2.27. The SMILES string of the molecule is Cc1ccc(NS(=O)(=O)c2ccc(Br)c(C)c2)c(Cl)c1. The third kappa shape index (κ3) is 3.34. The lowest BCUT2D eigenvalue weighted by molar-refractivity contribution is 0.601. The third-order valence-electron chi connectivity index (χ3n) is 2.81. The van der Waals surface area contributed by atoms with Gasteiger partial charge in [0.1, 0.15) is 0 Å². The monoisotopic (exact) mass is 373 g/mol. The molecule has 20 heavy (non-hydrogen) atoms. The zero-order chi connectivity index (χ0) is 14.9. The smallest absolute Gasteiger partial charge is 0.261 e. The normalized spacial score (nSPS) is 11.4. The maximum absolute atomic E-state index is 12.3. The second-order valence-corrected chi connectivity index (χ2v) is 7.44. The Labute approximate surface area is 132 Å². The lowest BCUT2D eigenvalue weighted by atomic mass is 10.2. The molecule has 0 amide bonds. The first kappa shape index (κ1) is 15.4. The van der Waals surface area contributed by atoms with Gasteiger partial charge < -0.3 is 0 Å². The molecule has 0 heterocycles. The summed E-state index contributed by atoms with van der Waals surface area (Å²) in [6.45, 7) is 3.73. The van der Waals surface area contributed by atoms with Crippen molar-refractivity contribution in [1.29, 1.82) is 0 Å². The number of hydrogen-bond donors (Lipinski definition) is 1. The number of nitrogens with one attached hydrogen (secondary N) is 1. The summed E-state index contributed by atoms with van der Waals surface area (Å²) < 4.78 is 28.0. The van der Waals surface area contributed by atoms with E-state index in [9.17, 15) is 8.42 Å². The number of rotatable bonds is 3. The van der Waals surface area contributed by atoms with E-state index in [1.807, 2.05) is 13.8 Å². The van der Waals surface area contributed by atoms with Gasteiger partial charge in [0.2, 0.25) is 0 Å². The van der Waals surface area contributed by atoms with Crippen LogP contribution in [0.15, 0.2) is 45.8 Å². The van der Waals surface area contributed by atoms with Crippen molar-refractivity contribution < 1.29 is 8.42 Å². The predicted octanol–water partition coefficient (Wildman–Crippen LogP) is 4.52. The van der Waals surface area contributed by atoms with Gasteiger partial charge in [-0.1, -0.05) is 33.6 Å². The minimum Gasteiger partial charge on any atom is -0.278 e. The summed E-state index contributed by atoms with van der Waals surface area (Å²) >= 11 is 9.39. The van der Waals surface area contributed by atoms with Gasteiger partial charge in [-0.25, -0.2) is 8.42 Å². The standard InChI is InChI=1S/C14H13BrClNO2S/c1-9-3-6-14(13(16)7-9)17-20(18,19)11-4-5-12(15)10(2)8-11/h3-8,17H,1-2H3. The minimum atomic E-state index is -3.64. The van der Waals surface area contributed by atoms with Gasteiger partial charge in [0.15, 0.2) is 0 Å². The first-order chi connectivity index (χ1) is 9.29. The molecule has 2 aromatic carbocycles. The molecular formula is C14H13BrClNO2S. The van der Waals surface area contributed by atoms with Crippen LogP contribution in [-0.4, -0.2) is 8.42 Å². The summed E-state index contributed by atoms with van der Waals surface area (Å²) in [5.41, 5.74) is 2.19. The highest BCUT2D eigenvalue weighted by Gasteiger charge is 2.16. The topological polar surface area (TPSA) is 46.2 Å². The van der Waals surface area contributed by atoms with Crippen molar-refractivity contribution in [2.24, 2.45) is 0 Å². The van der Waals surface area contributed by atoms with Crippen LogP contribution in [-0.2, 0) is 10.0 Å². The Bertz CT molecular complexity index is 760. The maximum atomic E-state index is 12.3. The summed E-state index contributed by atoms with van der Waals surface area (Å²) in [5, 5.41) is 0.377. The van der Waals surface area contributed by atoms with E-state index in [2.05, 4.69) is 20.7 Å². The largest absolute Gasteiger partial charge is 0.278 e. The number of anilines is 1. The van der Waals surface area contributed by atoms with Crippen LogP contribution in [0.4, 0.5) is 5.69 Å².